The van der Waals surface area contributed by atoms with Crippen LogP contribution in [0.15, 0.2) is 23.4 Å². The lowest BCUT2D eigenvalue weighted by Gasteiger charge is -2.39. The van der Waals surface area contributed by atoms with Crippen LogP contribution >= 0.6 is 23.4 Å². The fourth-order valence-corrected chi connectivity index (χ4v) is 4.03. The molecule has 0 aromatic carbocycles. The number of pyridine rings is 1. The first-order chi connectivity index (χ1) is 8.69. The van der Waals surface area contributed by atoms with Gasteiger partial charge in [0.05, 0.1) is 11.6 Å². The summed E-state index contributed by atoms with van der Waals surface area (Å²) < 4.78 is 0. The van der Waals surface area contributed by atoms with Gasteiger partial charge in [-0.25, -0.2) is 4.98 Å². The molecule has 0 amide bonds. The van der Waals surface area contributed by atoms with E-state index in [1.165, 1.54) is 0 Å². The third kappa shape index (κ3) is 3.18. The summed E-state index contributed by atoms with van der Waals surface area (Å²) in [6, 6.07) is 3.72. The Balaban J connectivity index is 2.04. The molecule has 1 heterocycles. The number of hydrogen-bond acceptors (Lipinski definition) is 4. The molecular formula is C13H19ClN2OS. The van der Waals surface area contributed by atoms with Gasteiger partial charge in [-0.3, -0.25) is 0 Å². The molecule has 1 saturated carbocycles. The van der Waals surface area contributed by atoms with Gasteiger partial charge in [-0.1, -0.05) is 18.0 Å². The molecule has 18 heavy (non-hydrogen) atoms. The maximum atomic E-state index is 9.57. The zero-order valence-corrected chi connectivity index (χ0v) is 12.1. The van der Waals surface area contributed by atoms with Crippen LogP contribution in [0.5, 0.6) is 0 Å². The number of aliphatic hydroxyl groups excluding tert-OH is 1. The van der Waals surface area contributed by atoms with E-state index in [0.717, 1.165) is 30.7 Å². The maximum Gasteiger partial charge on any atom is 0.115 e. The van der Waals surface area contributed by atoms with E-state index in [-0.39, 0.29) is 12.1 Å². The number of nitrogens with one attached hydrogen (secondary N) is 1. The summed E-state index contributed by atoms with van der Waals surface area (Å²) in [4.78, 5) is 4.32. The second-order valence-corrected chi connectivity index (χ2v) is 6.51. The van der Waals surface area contributed by atoms with Crippen molar-refractivity contribution >= 4 is 23.4 Å². The molecule has 3 nitrogen and oxygen atoms in total. The third-order valence-electron chi connectivity index (χ3n) is 3.64. The molecule has 2 atom stereocenters. The molecule has 1 fully saturated rings. The molecule has 1 aliphatic rings. The summed E-state index contributed by atoms with van der Waals surface area (Å²) in [6.45, 7) is 0.191. The van der Waals surface area contributed by atoms with Gasteiger partial charge < -0.3 is 10.4 Å². The fraction of sp³-hybridized carbons (Fsp3) is 0.615. The molecule has 2 unspecified atom stereocenters. The van der Waals surface area contributed by atoms with Crippen molar-refractivity contribution in [2.75, 3.05) is 13.7 Å². The predicted octanol–water partition coefficient (Wildman–Crippen LogP) is 2.72. The van der Waals surface area contributed by atoms with Crippen LogP contribution in [0.1, 0.15) is 25.7 Å². The number of halogens is 1. The molecular weight excluding hydrogens is 268 g/mol. The average molecular weight is 287 g/mol. The van der Waals surface area contributed by atoms with Gasteiger partial charge >= 0.3 is 0 Å². The summed E-state index contributed by atoms with van der Waals surface area (Å²) in [6.07, 6.45) is 6.05. The van der Waals surface area contributed by atoms with Crippen LogP contribution in [0.25, 0.3) is 0 Å². The van der Waals surface area contributed by atoms with Gasteiger partial charge in [0.25, 0.3) is 0 Å². The van der Waals surface area contributed by atoms with Gasteiger partial charge in [-0.2, -0.15) is 0 Å². The molecule has 100 valence electrons. The van der Waals surface area contributed by atoms with Crippen molar-refractivity contribution in [3.63, 3.8) is 0 Å². The van der Waals surface area contributed by atoms with Crippen molar-refractivity contribution in [1.29, 1.82) is 0 Å². The highest BCUT2D eigenvalue weighted by Gasteiger charge is 2.35. The number of likely N-dealkylation sites (N-methyl/N-ethyl adjacent to an activating group) is 1. The normalized spacial score (nSPS) is 28.3. The van der Waals surface area contributed by atoms with Gasteiger partial charge in [-0.05, 0) is 38.4 Å². The molecule has 2 N–H and O–H groups in total. The van der Waals surface area contributed by atoms with E-state index in [2.05, 4.69) is 10.3 Å². The second-order valence-electron chi connectivity index (χ2n) is 4.82. The largest absolute Gasteiger partial charge is 0.394 e. The molecule has 1 aromatic rings. The Morgan fingerprint density at radius 3 is 3.17 bits per heavy atom. The van der Waals surface area contributed by atoms with Crippen LogP contribution < -0.4 is 5.32 Å². The molecule has 0 radical (unpaired) electrons. The van der Waals surface area contributed by atoms with E-state index in [1.54, 1.807) is 18.0 Å². The first-order valence-corrected chi connectivity index (χ1v) is 7.52. The average Bonchev–Trinajstić information content (AvgIpc) is 2.41. The summed E-state index contributed by atoms with van der Waals surface area (Å²) in [5, 5.41) is 14.9. The molecule has 5 heteroatoms. The van der Waals surface area contributed by atoms with Crippen LogP contribution in [0.2, 0.25) is 5.02 Å². The van der Waals surface area contributed by atoms with E-state index in [0.29, 0.717) is 10.3 Å². The number of aromatic nitrogens is 1. The molecule has 1 aliphatic carbocycles. The highest BCUT2D eigenvalue weighted by atomic mass is 35.5. The lowest BCUT2D eigenvalue weighted by atomic mass is 9.82. The van der Waals surface area contributed by atoms with E-state index in [9.17, 15) is 5.11 Å². The van der Waals surface area contributed by atoms with E-state index in [1.807, 2.05) is 19.2 Å². The standard InChI is InChI=1S/C13H19ClN2OS/c1-15-13(9-17)6-2-4-10(8-13)18-12-11(14)5-3-7-16-12/h3,5,7,10,15,17H,2,4,6,8-9H2,1H3. The van der Waals surface area contributed by atoms with Crippen LogP contribution in [0, 0.1) is 0 Å². The Labute approximate surface area is 117 Å². The zero-order chi connectivity index (χ0) is 13.0. The number of nitrogens with zero attached hydrogens (tertiary/aromatic N) is 1. The second kappa shape index (κ2) is 6.24. The Morgan fingerprint density at radius 1 is 1.67 bits per heavy atom. The van der Waals surface area contributed by atoms with E-state index in [4.69, 9.17) is 11.6 Å². The molecule has 0 aliphatic heterocycles. The first kappa shape index (κ1) is 14.1. The summed E-state index contributed by atoms with van der Waals surface area (Å²) in [5.74, 6) is 0. The van der Waals surface area contributed by atoms with Crippen LogP contribution in [-0.4, -0.2) is 34.5 Å². The maximum absolute atomic E-state index is 9.57. The predicted molar refractivity (Wildman–Crippen MR) is 76.2 cm³/mol. The van der Waals surface area contributed by atoms with E-state index < -0.39 is 0 Å². The Kier molecular flexibility index (Phi) is 4.90. The SMILES string of the molecule is CNC1(CO)CCCC(Sc2ncccc2Cl)C1. The molecule has 0 saturated heterocycles. The Hall–Kier alpha value is -0.290. The van der Waals surface area contributed by atoms with Crippen LogP contribution in [-0.2, 0) is 0 Å². The highest BCUT2D eigenvalue weighted by molar-refractivity contribution is 8.00. The molecule has 2 rings (SSSR count). The highest BCUT2D eigenvalue weighted by Crippen LogP contribution is 2.39. The fourth-order valence-electron chi connectivity index (χ4n) is 2.47. The zero-order valence-electron chi connectivity index (χ0n) is 10.5. The van der Waals surface area contributed by atoms with Crippen molar-refractivity contribution in [2.45, 2.75) is 41.5 Å². The van der Waals surface area contributed by atoms with Crippen LogP contribution in [0.3, 0.4) is 0 Å². The van der Waals surface area contributed by atoms with Crippen LogP contribution in [0.4, 0.5) is 0 Å². The molecule has 0 bridgehead atoms. The van der Waals surface area contributed by atoms with Gasteiger partial charge in [0.2, 0.25) is 0 Å². The molecule has 0 spiro atoms. The summed E-state index contributed by atoms with van der Waals surface area (Å²) in [7, 11) is 1.93. The van der Waals surface area contributed by atoms with Crippen molar-refractivity contribution in [3.8, 4) is 0 Å². The quantitative estimate of drug-likeness (QED) is 0.893. The smallest absolute Gasteiger partial charge is 0.115 e. The minimum absolute atomic E-state index is 0.128. The Morgan fingerprint density at radius 2 is 2.50 bits per heavy atom. The van der Waals surface area contributed by atoms with Crippen molar-refractivity contribution in [2.24, 2.45) is 0 Å². The third-order valence-corrected chi connectivity index (χ3v) is 5.34. The number of hydrogen-bond donors (Lipinski definition) is 2. The van der Waals surface area contributed by atoms with Crippen molar-refractivity contribution in [1.82, 2.24) is 10.3 Å². The van der Waals surface area contributed by atoms with Gasteiger partial charge in [0, 0.05) is 17.0 Å². The topological polar surface area (TPSA) is 45.1 Å². The van der Waals surface area contributed by atoms with Crippen molar-refractivity contribution < 1.29 is 5.11 Å². The molecule has 1 aromatic heterocycles. The van der Waals surface area contributed by atoms with E-state index >= 15 is 0 Å². The number of aliphatic hydroxyl groups is 1. The van der Waals surface area contributed by atoms with Crippen molar-refractivity contribution in [3.05, 3.63) is 23.4 Å². The monoisotopic (exact) mass is 286 g/mol. The summed E-state index contributed by atoms with van der Waals surface area (Å²) >= 11 is 7.86. The number of thioether (sulfide) groups is 1. The summed E-state index contributed by atoms with van der Waals surface area (Å²) in [5.41, 5.74) is -0.128. The minimum atomic E-state index is -0.128. The Bertz CT molecular complexity index is 398. The van der Waals surface area contributed by atoms with Gasteiger partial charge in [0.1, 0.15) is 5.03 Å². The minimum Gasteiger partial charge on any atom is -0.394 e. The lowest BCUT2D eigenvalue weighted by molar-refractivity contribution is 0.131. The van der Waals surface area contributed by atoms with Gasteiger partial charge in [0.15, 0.2) is 0 Å². The van der Waals surface area contributed by atoms with Gasteiger partial charge in [-0.15, -0.1) is 11.8 Å². The number of rotatable bonds is 4. The first-order valence-electron chi connectivity index (χ1n) is 6.26. The lowest BCUT2D eigenvalue weighted by Crippen LogP contribution is -2.50.